The van der Waals surface area contributed by atoms with Crippen molar-refractivity contribution in [3.8, 4) is 11.1 Å². The fourth-order valence-corrected chi connectivity index (χ4v) is 3.60. The minimum absolute atomic E-state index is 0.119. The van der Waals surface area contributed by atoms with Crippen molar-refractivity contribution in [2.75, 3.05) is 18.4 Å². The molecule has 1 fully saturated rings. The second kappa shape index (κ2) is 7.80. The minimum Gasteiger partial charge on any atom is -0.324 e. The SMILES string of the molecule is Cc1ccc(NC(=O)N2CCC(n3cccn3)CC2)cc1-c1cncc(F)c1. The van der Waals surface area contributed by atoms with Crippen LogP contribution in [0.1, 0.15) is 24.4 Å². The third-order valence-corrected chi connectivity index (χ3v) is 5.16. The molecule has 3 aromatic rings. The third kappa shape index (κ3) is 3.88. The summed E-state index contributed by atoms with van der Waals surface area (Å²) in [5.74, 6) is -0.383. The second-order valence-electron chi connectivity index (χ2n) is 7.06. The smallest absolute Gasteiger partial charge is 0.321 e. The van der Waals surface area contributed by atoms with Crippen molar-refractivity contribution in [1.29, 1.82) is 0 Å². The average Bonchev–Trinajstić information content (AvgIpc) is 3.24. The van der Waals surface area contributed by atoms with Crippen LogP contribution < -0.4 is 5.32 Å². The van der Waals surface area contributed by atoms with Crippen molar-refractivity contribution in [2.45, 2.75) is 25.8 Å². The number of hydrogen-bond acceptors (Lipinski definition) is 3. The molecule has 1 aliphatic rings. The van der Waals surface area contributed by atoms with E-state index < -0.39 is 0 Å². The molecule has 0 spiro atoms. The Morgan fingerprint density at radius 2 is 2.04 bits per heavy atom. The number of carbonyl (C=O) groups excluding carboxylic acids is 1. The highest BCUT2D eigenvalue weighted by Gasteiger charge is 2.24. The number of hydrogen-bond donors (Lipinski definition) is 1. The summed E-state index contributed by atoms with van der Waals surface area (Å²) in [5, 5.41) is 7.26. The molecule has 4 rings (SSSR count). The van der Waals surface area contributed by atoms with Crippen molar-refractivity contribution in [3.63, 3.8) is 0 Å². The van der Waals surface area contributed by atoms with Gasteiger partial charge in [0, 0.05) is 42.9 Å². The average molecular weight is 379 g/mol. The van der Waals surface area contributed by atoms with Crippen LogP contribution in [0.25, 0.3) is 11.1 Å². The first-order chi connectivity index (χ1) is 13.6. The molecule has 2 amide bonds. The van der Waals surface area contributed by atoms with E-state index in [0.29, 0.717) is 30.4 Å². The number of urea groups is 1. The molecule has 1 N–H and O–H groups in total. The summed E-state index contributed by atoms with van der Waals surface area (Å²) < 4.78 is 15.5. The van der Waals surface area contributed by atoms with E-state index in [1.54, 1.807) is 12.4 Å². The molecule has 7 heteroatoms. The van der Waals surface area contributed by atoms with Crippen molar-refractivity contribution in [3.05, 3.63) is 66.5 Å². The molecule has 0 bridgehead atoms. The predicted molar refractivity (Wildman–Crippen MR) is 105 cm³/mol. The number of likely N-dealkylation sites (tertiary alicyclic amines) is 1. The van der Waals surface area contributed by atoms with Gasteiger partial charge in [-0.05, 0) is 55.2 Å². The summed E-state index contributed by atoms with van der Waals surface area (Å²) in [5.41, 5.74) is 3.21. The third-order valence-electron chi connectivity index (χ3n) is 5.16. The maximum atomic E-state index is 13.5. The first-order valence-electron chi connectivity index (χ1n) is 9.37. The van der Waals surface area contributed by atoms with Gasteiger partial charge < -0.3 is 10.2 Å². The number of amides is 2. The Balaban J connectivity index is 1.43. The number of pyridine rings is 1. The zero-order valence-electron chi connectivity index (χ0n) is 15.7. The van der Waals surface area contributed by atoms with Gasteiger partial charge in [-0.2, -0.15) is 5.10 Å². The topological polar surface area (TPSA) is 63.1 Å². The van der Waals surface area contributed by atoms with E-state index in [2.05, 4.69) is 15.4 Å². The molecule has 0 atom stereocenters. The number of piperidine rings is 1. The molecule has 6 nitrogen and oxygen atoms in total. The molecule has 0 aliphatic carbocycles. The van der Waals surface area contributed by atoms with Crippen molar-refractivity contribution in [2.24, 2.45) is 0 Å². The van der Waals surface area contributed by atoms with Crippen molar-refractivity contribution >= 4 is 11.7 Å². The van der Waals surface area contributed by atoms with E-state index >= 15 is 0 Å². The lowest BCUT2D eigenvalue weighted by molar-refractivity contribution is 0.180. The number of rotatable bonds is 3. The fourth-order valence-electron chi connectivity index (χ4n) is 3.60. The van der Waals surface area contributed by atoms with Crippen LogP contribution in [0.4, 0.5) is 14.9 Å². The Morgan fingerprint density at radius 1 is 1.21 bits per heavy atom. The number of anilines is 1. The number of halogens is 1. The van der Waals surface area contributed by atoms with Crippen LogP contribution in [-0.4, -0.2) is 38.8 Å². The monoisotopic (exact) mass is 379 g/mol. The summed E-state index contributed by atoms with van der Waals surface area (Å²) in [6.45, 7) is 3.32. The Kier molecular flexibility index (Phi) is 5.06. The van der Waals surface area contributed by atoms with Crippen LogP contribution in [0.5, 0.6) is 0 Å². The number of nitrogens with zero attached hydrogens (tertiary/aromatic N) is 4. The molecule has 1 aliphatic heterocycles. The summed E-state index contributed by atoms with van der Waals surface area (Å²) in [6, 6.07) is 9.22. The van der Waals surface area contributed by atoms with Gasteiger partial charge in [0.15, 0.2) is 0 Å². The second-order valence-corrected chi connectivity index (χ2v) is 7.06. The van der Waals surface area contributed by atoms with Crippen LogP contribution in [0, 0.1) is 12.7 Å². The van der Waals surface area contributed by atoms with E-state index in [9.17, 15) is 9.18 Å². The van der Waals surface area contributed by atoms with Gasteiger partial charge >= 0.3 is 6.03 Å². The van der Waals surface area contributed by atoms with Gasteiger partial charge in [-0.25, -0.2) is 9.18 Å². The molecule has 144 valence electrons. The van der Waals surface area contributed by atoms with Crippen molar-refractivity contribution < 1.29 is 9.18 Å². The van der Waals surface area contributed by atoms with E-state index in [1.807, 2.05) is 47.0 Å². The predicted octanol–water partition coefficient (Wildman–Crippen LogP) is 4.26. The Bertz CT molecular complexity index is 965. The first-order valence-corrected chi connectivity index (χ1v) is 9.37. The number of nitrogens with one attached hydrogen (secondary N) is 1. The lowest BCUT2D eigenvalue weighted by Crippen LogP contribution is -2.41. The van der Waals surface area contributed by atoms with Gasteiger partial charge in [0.05, 0.1) is 12.2 Å². The quantitative estimate of drug-likeness (QED) is 0.739. The first kappa shape index (κ1) is 18.2. The minimum atomic E-state index is -0.383. The Labute approximate surface area is 163 Å². The largest absolute Gasteiger partial charge is 0.324 e. The van der Waals surface area contributed by atoms with Gasteiger partial charge in [-0.15, -0.1) is 0 Å². The highest BCUT2D eigenvalue weighted by atomic mass is 19.1. The van der Waals surface area contributed by atoms with E-state index in [1.165, 1.54) is 12.3 Å². The molecule has 0 saturated carbocycles. The Hall–Kier alpha value is -3.22. The van der Waals surface area contributed by atoms with E-state index in [4.69, 9.17) is 0 Å². The lowest BCUT2D eigenvalue weighted by atomic mass is 10.0. The summed E-state index contributed by atoms with van der Waals surface area (Å²) in [7, 11) is 0. The van der Waals surface area contributed by atoms with Gasteiger partial charge in [0.2, 0.25) is 0 Å². The molecular weight excluding hydrogens is 357 g/mol. The maximum absolute atomic E-state index is 13.5. The summed E-state index contributed by atoms with van der Waals surface area (Å²) >= 11 is 0. The van der Waals surface area contributed by atoms with Gasteiger partial charge in [0.25, 0.3) is 0 Å². The zero-order valence-corrected chi connectivity index (χ0v) is 15.7. The number of carbonyl (C=O) groups is 1. The van der Waals surface area contributed by atoms with Crippen LogP contribution in [-0.2, 0) is 0 Å². The van der Waals surface area contributed by atoms with Crippen LogP contribution in [0.3, 0.4) is 0 Å². The van der Waals surface area contributed by atoms with E-state index in [-0.39, 0.29) is 11.8 Å². The Morgan fingerprint density at radius 3 is 2.75 bits per heavy atom. The molecule has 0 radical (unpaired) electrons. The molecule has 1 aromatic carbocycles. The maximum Gasteiger partial charge on any atom is 0.321 e. The van der Waals surface area contributed by atoms with Gasteiger partial charge in [0.1, 0.15) is 5.82 Å². The highest BCUT2D eigenvalue weighted by molar-refractivity contribution is 5.90. The zero-order chi connectivity index (χ0) is 19.5. The van der Waals surface area contributed by atoms with Gasteiger partial charge in [-0.1, -0.05) is 6.07 Å². The number of benzene rings is 1. The summed E-state index contributed by atoms with van der Waals surface area (Å²) in [6.07, 6.45) is 8.30. The molecule has 3 heterocycles. The molecular formula is C21H22FN5O. The summed E-state index contributed by atoms with van der Waals surface area (Å²) in [4.78, 5) is 18.4. The highest BCUT2D eigenvalue weighted by Crippen LogP contribution is 2.27. The standard InChI is InChI=1S/C21H22FN5O/c1-15-3-4-18(12-20(15)16-11-17(22)14-23-13-16)25-21(28)26-9-5-19(6-10-26)27-8-2-7-24-27/h2-4,7-8,11-14,19H,5-6,9-10H2,1H3,(H,25,28). The lowest BCUT2D eigenvalue weighted by Gasteiger charge is -2.32. The fraction of sp³-hybridized carbons (Fsp3) is 0.286. The number of aromatic nitrogens is 3. The number of aryl methyl sites for hydroxylation is 1. The molecule has 1 saturated heterocycles. The molecule has 0 unspecified atom stereocenters. The van der Waals surface area contributed by atoms with Crippen molar-refractivity contribution in [1.82, 2.24) is 19.7 Å². The molecule has 2 aromatic heterocycles. The van der Waals surface area contributed by atoms with Gasteiger partial charge in [-0.3, -0.25) is 9.67 Å². The van der Waals surface area contributed by atoms with Crippen LogP contribution in [0.15, 0.2) is 55.1 Å². The molecule has 28 heavy (non-hydrogen) atoms. The van der Waals surface area contributed by atoms with Crippen LogP contribution in [0.2, 0.25) is 0 Å². The van der Waals surface area contributed by atoms with E-state index in [0.717, 1.165) is 24.0 Å². The van der Waals surface area contributed by atoms with Crippen LogP contribution >= 0.6 is 0 Å². The normalized spacial score (nSPS) is 14.9.